The summed E-state index contributed by atoms with van der Waals surface area (Å²) in [6, 6.07) is 5.81. The van der Waals surface area contributed by atoms with Gasteiger partial charge < -0.3 is 10.5 Å². The molecule has 0 saturated heterocycles. The highest BCUT2D eigenvalue weighted by Crippen LogP contribution is 2.19. The van der Waals surface area contributed by atoms with E-state index in [1.54, 1.807) is 0 Å². The Balaban J connectivity index is 2.90. The fourth-order valence-corrected chi connectivity index (χ4v) is 1.07. The topological polar surface area (TPSA) is 35.2 Å². The number of hydrogen-bond acceptors (Lipinski definition) is 2. The molecule has 0 saturated carbocycles. The molecule has 1 rings (SSSR count). The van der Waals surface area contributed by atoms with E-state index < -0.39 is 0 Å². The fourth-order valence-electron chi connectivity index (χ4n) is 1.07. The zero-order valence-electron chi connectivity index (χ0n) is 8.13. The van der Waals surface area contributed by atoms with Crippen LogP contribution >= 0.6 is 0 Å². The summed E-state index contributed by atoms with van der Waals surface area (Å²) >= 11 is 0. The smallest absolute Gasteiger partial charge is 0.119 e. The Morgan fingerprint density at radius 2 is 2.23 bits per heavy atom. The molecule has 0 unspecified atom stereocenters. The van der Waals surface area contributed by atoms with E-state index in [0.717, 1.165) is 16.8 Å². The molecule has 70 valence electrons. The molecule has 0 fully saturated rings. The molecule has 1 aromatic rings. The number of hydrogen-bond donors (Lipinski definition) is 1. The molecule has 0 aliphatic carbocycles. The van der Waals surface area contributed by atoms with Gasteiger partial charge in [0.1, 0.15) is 5.76 Å². The van der Waals surface area contributed by atoms with E-state index in [-0.39, 0.29) is 0 Å². The van der Waals surface area contributed by atoms with E-state index in [4.69, 9.17) is 10.5 Å². The van der Waals surface area contributed by atoms with Crippen LogP contribution < -0.4 is 5.73 Å². The molecule has 0 amide bonds. The third-order valence-corrected chi connectivity index (χ3v) is 1.92. The van der Waals surface area contributed by atoms with E-state index in [1.165, 1.54) is 0 Å². The van der Waals surface area contributed by atoms with E-state index >= 15 is 0 Å². The van der Waals surface area contributed by atoms with E-state index in [1.807, 2.05) is 32.0 Å². The van der Waals surface area contributed by atoms with Gasteiger partial charge >= 0.3 is 0 Å². The van der Waals surface area contributed by atoms with Crippen molar-refractivity contribution in [3.8, 4) is 0 Å². The SMILES string of the molecule is C=C(OCC)c1ccc(C)c(N)c1. The Morgan fingerprint density at radius 1 is 1.54 bits per heavy atom. The minimum atomic E-state index is 0.632. The van der Waals surface area contributed by atoms with Crippen LogP contribution in [-0.2, 0) is 4.74 Å². The maximum Gasteiger partial charge on any atom is 0.119 e. The van der Waals surface area contributed by atoms with Crippen LogP contribution in [0.3, 0.4) is 0 Å². The summed E-state index contributed by atoms with van der Waals surface area (Å²) in [5, 5.41) is 0. The molecule has 0 atom stereocenters. The number of rotatable bonds is 3. The van der Waals surface area contributed by atoms with Gasteiger partial charge in [-0.1, -0.05) is 18.7 Å². The van der Waals surface area contributed by atoms with Crippen LogP contribution in [0.25, 0.3) is 5.76 Å². The summed E-state index contributed by atoms with van der Waals surface area (Å²) in [6.45, 7) is 8.35. The van der Waals surface area contributed by atoms with Crippen LogP contribution in [-0.4, -0.2) is 6.61 Å². The molecule has 1 aromatic carbocycles. The van der Waals surface area contributed by atoms with Crippen molar-refractivity contribution in [3.63, 3.8) is 0 Å². The molecule has 0 spiro atoms. The maximum atomic E-state index is 5.76. The zero-order valence-corrected chi connectivity index (χ0v) is 8.13. The van der Waals surface area contributed by atoms with Gasteiger partial charge in [-0.3, -0.25) is 0 Å². The second-order valence-corrected chi connectivity index (χ2v) is 2.93. The van der Waals surface area contributed by atoms with Gasteiger partial charge in [-0.2, -0.15) is 0 Å². The Morgan fingerprint density at radius 3 is 2.77 bits per heavy atom. The first-order valence-electron chi connectivity index (χ1n) is 4.33. The lowest BCUT2D eigenvalue weighted by Crippen LogP contribution is -1.94. The van der Waals surface area contributed by atoms with Gasteiger partial charge in [-0.05, 0) is 25.5 Å². The first-order valence-corrected chi connectivity index (χ1v) is 4.33. The molecule has 0 aromatic heterocycles. The normalized spacial score (nSPS) is 9.69. The molecular weight excluding hydrogens is 162 g/mol. The van der Waals surface area contributed by atoms with Gasteiger partial charge in [0.2, 0.25) is 0 Å². The predicted octanol–water partition coefficient (Wildman–Crippen LogP) is 2.58. The Bertz CT molecular complexity index is 318. The zero-order chi connectivity index (χ0) is 9.84. The van der Waals surface area contributed by atoms with Crippen molar-refractivity contribution < 1.29 is 4.74 Å². The first kappa shape index (κ1) is 9.65. The number of ether oxygens (including phenoxy) is 1. The number of benzene rings is 1. The van der Waals surface area contributed by atoms with E-state index in [0.29, 0.717) is 12.4 Å². The highest BCUT2D eigenvalue weighted by Gasteiger charge is 2.00. The van der Waals surface area contributed by atoms with Crippen LogP contribution in [0, 0.1) is 6.92 Å². The molecule has 0 radical (unpaired) electrons. The molecule has 0 aliphatic heterocycles. The van der Waals surface area contributed by atoms with Crippen molar-refractivity contribution in [3.05, 3.63) is 35.9 Å². The Kier molecular flexibility index (Phi) is 2.96. The number of aryl methyl sites for hydroxylation is 1. The van der Waals surface area contributed by atoms with Gasteiger partial charge in [0.05, 0.1) is 6.61 Å². The largest absolute Gasteiger partial charge is 0.494 e. The molecule has 2 heteroatoms. The second kappa shape index (κ2) is 3.99. The predicted molar refractivity (Wildman–Crippen MR) is 56.3 cm³/mol. The number of anilines is 1. The number of nitrogens with two attached hydrogens (primary N) is 1. The molecular formula is C11H15NO. The summed E-state index contributed by atoms with van der Waals surface area (Å²) in [4.78, 5) is 0. The van der Waals surface area contributed by atoms with Crippen LogP contribution in [0.1, 0.15) is 18.1 Å². The molecule has 2 nitrogen and oxygen atoms in total. The second-order valence-electron chi connectivity index (χ2n) is 2.93. The van der Waals surface area contributed by atoms with Gasteiger partial charge in [0.25, 0.3) is 0 Å². The maximum absolute atomic E-state index is 5.76. The quantitative estimate of drug-likeness (QED) is 0.569. The molecule has 0 aliphatic rings. The summed E-state index contributed by atoms with van der Waals surface area (Å²) in [7, 11) is 0. The monoisotopic (exact) mass is 177 g/mol. The standard InChI is InChI=1S/C11H15NO/c1-4-13-9(3)10-6-5-8(2)11(12)7-10/h5-7H,3-4,12H2,1-2H3. The lowest BCUT2D eigenvalue weighted by atomic mass is 10.1. The van der Waals surface area contributed by atoms with Gasteiger partial charge in [0, 0.05) is 11.3 Å². The average Bonchev–Trinajstić information content (AvgIpc) is 2.10. The van der Waals surface area contributed by atoms with Crippen LogP contribution in [0.5, 0.6) is 0 Å². The Hall–Kier alpha value is -1.44. The highest BCUT2D eigenvalue weighted by atomic mass is 16.5. The summed E-state index contributed by atoms with van der Waals surface area (Å²) in [6.07, 6.45) is 0. The fraction of sp³-hybridized carbons (Fsp3) is 0.273. The minimum Gasteiger partial charge on any atom is -0.494 e. The summed E-state index contributed by atoms with van der Waals surface area (Å²) < 4.78 is 5.27. The Labute approximate surface area is 79.0 Å². The van der Waals surface area contributed by atoms with Crippen LogP contribution in [0.4, 0.5) is 5.69 Å². The minimum absolute atomic E-state index is 0.632. The number of nitrogen functional groups attached to an aromatic ring is 1. The molecule has 0 bridgehead atoms. The lowest BCUT2D eigenvalue weighted by Gasteiger charge is -2.08. The summed E-state index contributed by atoms with van der Waals surface area (Å²) in [5.74, 6) is 0.675. The van der Waals surface area contributed by atoms with Crippen molar-refractivity contribution in [2.24, 2.45) is 0 Å². The average molecular weight is 177 g/mol. The van der Waals surface area contributed by atoms with Gasteiger partial charge in [-0.25, -0.2) is 0 Å². The first-order chi connectivity index (χ1) is 6.15. The van der Waals surface area contributed by atoms with Crippen molar-refractivity contribution in [2.75, 3.05) is 12.3 Å². The van der Waals surface area contributed by atoms with Crippen LogP contribution in [0.2, 0.25) is 0 Å². The van der Waals surface area contributed by atoms with Gasteiger partial charge in [-0.15, -0.1) is 0 Å². The van der Waals surface area contributed by atoms with Crippen molar-refractivity contribution in [2.45, 2.75) is 13.8 Å². The van der Waals surface area contributed by atoms with E-state index in [2.05, 4.69) is 6.58 Å². The van der Waals surface area contributed by atoms with Crippen molar-refractivity contribution in [1.82, 2.24) is 0 Å². The van der Waals surface area contributed by atoms with Crippen LogP contribution in [0.15, 0.2) is 24.8 Å². The van der Waals surface area contributed by atoms with E-state index in [9.17, 15) is 0 Å². The highest BCUT2D eigenvalue weighted by molar-refractivity contribution is 5.63. The summed E-state index contributed by atoms with van der Waals surface area (Å²) in [5.41, 5.74) is 8.56. The van der Waals surface area contributed by atoms with Gasteiger partial charge in [0.15, 0.2) is 0 Å². The third-order valence-electron chi connectivity index (χ3n) is 1.92. The van der Waals surface area contributed by atoms with Crippen molar-refractivity contribution in [1.29, 1.82) is 0 Å². The lowest BCUT2D eigenvalue weighted by molar-refractivity contribution is 0.299. The third kappa shape index (κ3) is 2.25. The van der Waals surface area contributed by atoms with Crippen molar-refractivity contribution >= 4 is 11.4 Å². The molecule has 0 heterocycles. The molecule has 13 heavy (non-hydrogen) atoms. The molecule has 2 N–H and O–H groups in total.